The Morgan fingerprint density at radius 2 is 2.06 bits per heavy atom. The van der Waals surface area contributed by atoms with Crippen LogP contribution in [0.1, 0.15) is 11.3 Å². The fourth-order valence-corrected chi connectivity index (χ4v) is 2.42. The third-order valence-corrected chi connectivity index (χ3v) is 3.35. The van der Waals surface area contributed by atoms with Crippen molar-refractivity contribution in [3.05, 3.63) is 47.9 Å². The summed E-state index contributed by atoms with van der Waals surface area (Å²) >= 11 is 0. The van der Waals surface area contributed by atoms with Gasteiger partial charge in [-0.3, -0.25) is 0 Å². The van der Waals surface area contributed by atoms with E-state index < -0.39 is 0 Å². The number of nitrogens with zero attached hydrogens (tertiary/aromatic N) is 3. The van der Waals surface area contributed by atoms with Crippen molar-refractivity contribution < 1.29 is 4.42 Å². The van der Waals surface area contributed by atoms with E-state index in [0.717, 1.165) is 29.5 Å². The Morgan fingerprint density at radius 1 is 1.17 bits per heavy atom. The maximum Gasteiger partial charge on any atom is 0.185 e. The normalized spacial score (nSPS) is 12.5. The molecule has 3 aromatic rings. The van der Waals surface area contributed by atoms with Crippen molar-refractivity contribution >= 4 is 0 Å². The molecule has 0 N–H and O–H groups in total. The van der Waals surface area contributed by atoms with Gasteiger partial charge in [-0.1, -0.05) is 24.3 Å². The lowest BCUT2D eigenvalue weighted by Gasteiger charge is -1.96. The minimum Gasteiger partial charge on any atom is -0.469 e. The van der Waals surface area contributed by atoms with E-state index in [4.69, 9.17) is 4.42 Å². The highest BCUT2D eigenvalue weighted by Gasteiger charge is 2.23. The van der Waals surface area contributed by atoms with Crippen LogP contribution in [0.15, 0.2) is 41.0 Å². The van der Waals surface area contributed by atoms with E-state index in [2.05, 4.69) is 22.2 Å². The molecule has 18 heavy (non-hydrogen) atoms. The Kier molecular flexibility index (Phi) is 1.78. The molecule has 0 aliphatic carbocycles. The summed E-state index contributed by atoms with van der Waals surface area (Å²) in [6.45, 7) is 2.73. The van der Waals surface area contributed by atoms with E-state index >= 15 is 0 Å². The van der Waals surface area contributed by atoms with Gasteiger partial charge in [-0.05, 0) is 18.6 Å². The van der Waals surface area contributed by atoms with E-state index in [1.807, 2.05) is 29.8 Å². The Morgan fingerprint density at radius 3 is 2.89 bits per heavy atom. The number of hydrogen-bond acceptors (Lipinski definition) is 3. The second-order valence-corrected chi connectivity index (χ2v) is 4.46. The molecule has 0 unspecified atom stereocenters. The maximum absolute atomic E-state index is 5.30. The van der Waals surface area contributed by atoms with Crippen LogP contribution in [-0.2, 0) is 6.54 Å². The summed E-state index contributed by atoms with van der Waals surface area (Å²) in [4.78, 5) is 4.63. The van der Waals surface area contributed by atoms with Crippen LogP contribution < -0.4 is 0 Å². The lowest BCUT2D eigenvalue weighted by atomic mass is 10.1. The van der Waals surface area contributed by atoms with Crippen molar-refractivity contribution in [3.63, 3.8) is 0 Å². The van der Waals surface area contributed by atoms with Gasteiger partial charge in [-0.25, -0.2) is 9.67 Å². The highest BCUT2D eigenvalue weighted by Crippen LogP contribution is 2.32. The van der Waals surface area contributed by atoms with Gasteiger partial charge in [0.2, 0.25) is 0 Å². The molecule has 0 amide bonds. The van der Waals surface area contributed by atoms with E-state index in [-0.39, 0.29) is 0 Å². The molecule has 4 nitrogen and oxygen atoms in total. The van der Waals surface area contributed by atoms with Gasteiger partial charge >= 0.3 is 0 Å². The molecule has 4 rings (SSSR count). The number of furan rings is 1. The van der Waals surface area contributed by atoms with Crippen molar-refractivity contribution in [1.82, 2.24) is 14.8 Å². The predicted octanol–water partition coefficient (Wildman–Crippen LogP) is 2.88. The van der Waals surface area contributed by atoms with Crippen molar-refractivity contribution in [2.24, 2.45) is 0 Å². The number of fused-ring (bicyclic) bond motifs is 3. The van der Waals surface area contributed by atoms with Gasteiger partial charge in [0.1, 0.15) is 5.76 Å². The van der Waals surface area contributed by atoms with E-state index in [1.54, 1.807) is 6.26 Å². The summed E-state index contributed by atoms with van der Waals surface area (Å²) in [5.41, 5.74) is 3.43. The zero-order valence-electron chi connectivity index (χ0n) is 9.92. The first-order chi connectivity index (χ1) is 8.83. The van der Waals surface area contributed by atoms with Crippen LogP contribution in [0.5, 0.6) is 0 Å². The fraction of sp³-hybridized carbons (Fsp3) is 0.143. The molecule has 4 heteroatoms. The minimum atomic E-state index is 0.741. The van der Waals surface area contributed by atoms with E-state index in [0.29, 0.717) is 0 Å². The molecule has 1 aromatic carbocycles. The van der Waals surface area contributed by atoms with Crippen LogP contribution in [0.2, 0.25) is 0 Å². The van der Waals surface area contributed by atoms with Crippen molar-refractivity contribution in [2.45, 2.75) is 13.5 Å². The molecular weight excluding hydrogens is 226 g/mol. The molecular formula is C14H11N3O. The van der Waals surface area contributed by atoms with Crippen LogP contribution in [0.3, 0.4) is 0 Å². The van der Waals surface area contributed by atoms with Crippen molar-refractivity contribution in [2.75, 3.05) is 0 Å². The SMILES string of the molecule is Cc1occc1-c1nc2n(n1)Cc1ccccc1-2. The monoisotopic (exact) mass is 237 g/mol. The summed E-state index contributed by atoms with van der Waals surface area (Å²) in [6, 6.07) is 10.2. The molecule has 88 valence electrons. The molecule has 0 fully saturated rings. The molecule has 0 spiro atoms. The Hall–Kier alpha value is -2.36. The molecule has 0 atom stereocenters. The van der Waals surface area contributed by atoms with Crippen LogP contribution in [-0.4, -0.2) is 14.8 Å². The molecule has 3 heterocycles. The zero-order valence-corrected chi connectivity index (χ0v) is 9.92. The van der Waals surface area contributed by atoms with E-state index in [1.165, 1.54) is 11.1 Å². The quantitative estimate of drug-likeness (QED) is 0.511. The smallest absolute Gasteiger partial charge is 0.185 e. The van der Waals surface area contributed by atoms with Gasteiger partial charge in [-0.15, -0.1) is 5.10 Å². The Labute approximate surface area is 104 Å². The number of hydrogen-bond donors (Lipinski definition) is 0. The second-order valence-electron chi connectivity index (χ2n) is 4.46. The third kappa shape index (κ3) is 1.20. The molecule has 0 bridgehead atoms. The molecule has 0 radical (unpaired) electrons. The first-order valence-corrected chi connectivity index (χ1v) is 5.90. The number of aromatic nitrogens is 3. The summed E-state index contributed by atoms with van der Waals surface area (Å²) in [7, 11) is 0. The first kappa shape index (κ1) is 9.65. The van der Waals surface area contributed by atoms with Gasteiger partial charge in [0.05, 0.1) is 18.4 Å². The standard InChI is InChI=1S/C14H11N3O/c1-9-11(6-7-18-9)13-15-14-12-5-3-2-4-10(12)8-17(14)16-13/h2-7H,8H2,1H3. The summed E-state index contributed by atoms with van der Waals surface area (Å²) in [6.07, 6.45) is 1.67. The highest BCUT2D eigenvalue weighted by molar-refractivity contribution is 5.67. The summed E-state index contributed by atoms with van der Waals surface area (Å²) in [5, 5.41) is 4.55. The summed E-state index contributed by atoms with van der Waals surface area (Å²) in [5.74, 6) is 2.54. The second kappa shape index (κ2) is 3.32. The number of aryl methyl sites for hydroxylation is 1. The minimum absolute atomic E-state index is 0.741. The zero-order chi connectivity index (χ0) is 12.1. The predicted molar refractivity (Wildman–Crippen MR) is 67.0 cm³/mol. The van der Waals surface area contributed by atoms with Gasteiger partial charge in [-0.2, -0.15) is 0 Å². The van der Waals surface area contributed by atoms with Crippen molar-refractivity contribution in [1.29, 1.82) is 0 Å². The molecule has 0 saturated carbocycles. The third-order valence-electron chi connectivity index (χ3n) is 3.35. The van der Waals surface area contributed by atoms with Gasteiger partial charge in [0, 0.05) is 5.56 Å². The van der Waals surface area contributed by atoms with Crippen LogP contribution in [0.25, 0.3) is 22.8 Å². The first-order valence-electron chi connectivity index (χ1n) is 5.90. The molecule has 1 aliphatic heterocycles. The Bertz CT molecular complexity index is 739. The molecule has 2 aromatic heterocycles. The van der Waals surface area contributed by atoms with Gasteiger partial charge < -0.3 is 4.42 Å². The van der Waals surface area contributed by atoms with Crippen LogP contribution in [0, 0.1) is 6.92 Å². The van der Waals surface area contributed by atoms with Gasteiger partial charge in [0.15, 0.2) is 11.6 Å². The summed E-state index contributed by atoms with van der Waals surface area (Å²) < 4.78 is 7.25. The lowest BCUT2D eigenvalue weighted by Crippen LogP contribution is -1.95. The molecule has 1 aliphatic rings. The lowest BCUT2D eigenvalue weighted by molar-refractivity contribution is 0.535. The largest absolute Gasteiger partial charge is 0.469 e. The van der Waals surface area contributed by atoms with Crippen molar-refractivity contribution in [3.8, 4) is 22.8 Å². The number of rotatable bonds is 1. The number of benzene rings is 1. The van der Waals surface area contributed by atoms with Crippen LogP contribution >= 0.6 is 0 Å². The maximum atomic E-state index is 5.30. The van der Waals surface area contributed by atoms with E-state index in [9.17, 15) is 0 Å². The fourth-order valence-electron chi connectivity index (χ4n) is 2.42. The molecule has 0 saturated heterocycles. The van der Waals surface area contributed by atoms with Gasteiger partial charge in [0.25, 0.3) is 0 Å². The Balaban J connectivity index is 1.88. The average Bonchev–Trinajstić information content (AvgIpc) is 3.01. The average molecular weight is 237 g/mol. The topological polar surface area (TPSA) is 43.9 Å². The van der Waals surface area contributed by atoms with Crippen LogP contribution in [0.4, 0.5) is 0 Å². The highest BCUT2D eigenvalue weighted by atomic mass is 16.3.